The van der Waals surface area contributed by atoms with Crippen LogP contribution in [0.2, 0.25) is 0 Å². The van der Waals surface area contributed by atoms with E-state index in [0.717, 1.165) is 143 Å². The molecule has 10 aromatic heterocycles. The van der Waals surface area contributed by atoms with Gasteiger partial charge in [0.15, 0.2) is 30.4 Å². The third kappa shape index (κ3) is 10.8. The highest BCUT2D eigenvalue weighted by Crippen LogP contribution is 2.44. The summed E-state index contributed by atoms with van der Waals surface area (Å²) in [7, 11) is 7.78. The molecule has 0 saturated heterocycles. The monoisotopic (exact) mass is 1350 g/mol. The number of aromatic nitrogens is 6. The van der Waals surface area contributed by atoms with Crippen LogP contribution in [0, 0.1) is 48.3 Å². The summed E-state index contributed by atoms with van der Waals surface area (Å²) in [4.78, 5) is 9.13. The molecule has 0 aliphatic carbocycles. The Morgan fingerprint density at radius 3 is 1.26 bits per heavy atom. The van der Waals surface area contributed by atoms with Crippen LogP contribution < -0.4 is 18.3 Å². The molecule has 0 aliphatic rings. The van der Waals surface area contributed by atoms with Crippen molar-refractivity contribution in [2.24, 2.45) is 28.2 Å². The van der Waals surface area contributed by atoms with Crippen molar-refractivity contribution >= 4 is 131 Å². The van der Waals surface area contributed by atoms with Gasteiger partial charge in [-0.25, -0.2) is 0 Å². The first-order valence-electron chi connectivity index (χ1n) is 38.8. The smallest absolute Gasteiger partial charge is 0.256 e. The highest BCUT2D eigenvalue weighted by molar-refractivity contribution is 6.20. The largest absolute Gasteiger partial charge is 0.448 e. The number of hydrogen-bond donors (Lipinski definition) is 0. The lowest BCUT2D eigenvalue weighted by atomic mass is 9.99. The van der Waals surface area contributed by atoms with Gasteiger partial charge in [0.2, 0.25) is 22.3 Å². The molecule has 10 aromatic carbocycles. The second kappa shape index (κ2) is 25.5. The van der Waals surface area contributed by atoms with Crippen LogP contribution in [0.4, 0.5) is 0 Å². The van der Waals surface area contributed by atoms with E-state index < -0.39 is 20.6 Å². The third-order valence-electron chi connectivity index (χ3n) is 20.2. The van der Waals surface area contributed by atoms with Crippen molar-refractivity contribution in [1.29, 1.82) is 0 Å². The Morgan fingerprint density at radius 2 is 0.728 bits per heavy atom. The third-order valence-corrected chi connectivity index (χ3v) is 20.2. The van der Waals surface area contributed by atoms with E-state index in [9.17, 15) is 0 Å². The number of pyridine rings is 6. The van der Waals surface area contributed by atoms with E-state index in [0.29, 0.717) is 38.8 Å². The van der Waals surface area contributed by atoms with Crippen molar-refractivity contribution in [2.75, 3.05) is 0 Å². The van der Waals surface area contributed by atoms with E-state index >= 15 is 0 Å². The molecule has 20 rings (SSSR count). The van der Waals surface area contributed by atoms with Gasteiger partial charge in [0.05, 0.1) is 33.2 Å². The van der Waals surface area contributed by atoms with Crippen LogP contribution in [0.5, 0.6) is 0 Å². The maximum Gasteiger partial charge on any atom is 0.256 e. The zero-order chi connectivity index (χ0) is 78.0. The Kier molecular flexibility index (Phi) is 13.4. The average molecular weight is 1350 g/mol. The van der Waals surface area contributed by atoms with Crippen molar-refractivity contribution in [3.8, 4) is 45.0 Å². The number of furan rings is 4. The topological polar surface area (TPSA) is 93.9 Å². The molecule has 10 nitrogen and oxygen atoms in total. The Labute approximate surface area is 608 Å². The molecule has 0 N–H and O–H groups in total. The number of nitrogens with zero attached hydrogens (tertiary/aromatic N) is 6. The van der Waals surface area contributed by atoms with Gasteiger partial charge in [-0.05, 0) is 142 Å². The SMILES string of the molecule is Cc1ccccc1-c1c2oc3c4ccccc4cnc3c2cc[n+]1C.Cc1ccccc1-c1c2oc3c4cccnc4ccc3c2cc[n+]1C.[2H]C([2H])([2H])c1c[n+](C)c(-c2ccccc2C)c2oc3c4ccccc4ccc3c12.[2H]C([2H])([2H])c1ccc(-c2c3oc4c5ccccc5ccc4c3c(C([2H])([2H])[2H])c[n+]2C)c(C)c1. The Morgan fingerprint density at radius 1 is 0.301 bits per heavy atom. The second-order valence-electron chi connectivity index (χ2n) is 26.7. The van der Waals surface area contributed by atoms with E-state index in [2.05, 4.69) is 163 Å². The van der Waals surface area contributed by atoms with Gasteiger partial charge in [-0.2, -0.15) is 18.3 Å². The molecule has 0 bridgehead atoms. The fourth-order valence-corrected chi connectivity index (χ4v) is 15.1. The lowest BCUT2D eigenvalue weighted by Gasteiger charge is -2.07. The first-order valence-corrected chi connectivity index (χ1v) is 34.3. The summed E-state index contributed by atoms with van der Waals surface area (Å²) in [6.45, 7) is 1.38. The molecular weight excluding hydrogens is 1270 g/mol. The van der Waals surface area contributed by atoms with Crippen molar-refractivity contribution in [1.82, 2.24) is 9.97 Å². The van der Waals surface area contributed by atoms with Crippen LogP contribution >= 0.6 is 0 Å². The number of aryl methyl sites for hydroxylation is 11. The molecule has 0 spiro atoms. The van der Waals surface area contributed by atoms with Crippen LogP contribution in [0.1, 0.15) is 51.3 Å². The zero-order valence-corrected chi connectivity index (χ0v) is 58.1. The summed E-state index contributed by atoms with van der Waals surface area (Å²) < 4.78 is 106. The number of rotatable bonds is 4. The molecule has 0 saturated carbocycles. The predicted octanol–water partition coefficient (Wildman–Crippen LogP) is 21.9. The van der Waals surface area contributed by atoms with Crippen LogP contribution in [0.3, 0.4) is 0 Å². The molecule has 20 aromatic rings. The molecular formula is C93H76N6O4+4. The Balaban J connectivity index is 0.000000109. The summed E-state index contributed by atoms with van der Waals surface area (Å²) in [6, 6.07) is 74.3. The normalized spacial score (nSPS) is 13.3. The molecule has 103 heavy (non-hydrogen) atoms. The highest BCUT2D eigenvalue weighted by Gasteiger charge is 2.29. The Bertz CT molecular complexity index is 7030. The quantitative estimate of drug-likeness (QED) is 0.163. The minimum absolute atomic E-state index is 0.217. The molecule has 0 aliphatic heterocycles. The molecule has 0 atom stereocenters. The lowest BCUT2D eigenvalue weighted by molar-refractivity contribution is -0.659. The summed E-state index contributed by atoms with van der Waals surface area (Å²) in [6.07, 6.45) is 11.3. The van der Waals surface area contributed by atoms with Crippen LogP contribution in [0.25, 0.3) is 176 Å². The molecule has 0 radical (unpaired) electrons. The number of hydrogen-bond acceptors (Lipinski definition) is 6. The van der Waals surface area contributed by atoms with Crippen molar-refractivity contribution in [2.45, 2.75) is 48.3 Å². The van der Waals surface area contributed by atoms with E-state index in [4.69, 9.17) is 30.0 Å². The van der Waals surface area contributed by atoms with Gasteiger partial charge in [0, 0.05) is 107 Å². The lowest BCUT2D eigenvalue weighted by Crippen LogP contribution is -2.31. The van der Waals surface area contributed by atoms with Gasteiger partial charge in [-0.1, -0.05) is 157 Å². The predicted molar refractivity (Wildman–Crippen MR) is 420 cm³/mol. The van der Waals surface area contributed by atoms with Gasteiger partial charge < -0.3 is 17.7 Å². The van der Waals surface area contributed by atoms with E-state index in [-0.39, 0.29) is 11.1 Å². The first kappa shape index (κ1) is 54.2. The van der Waals surface area contributed by atoms with Crippen LogP contribution in [0.15, 0.2) is 279 Å². The standard InChI is InChI=1S/C25H22NO.C24H20NO.2C22H17N2O/c1-15-9-11-19(16(2)13-15)23-25-22(17(3)14-26(23)4)21-12-10-18-7-5-6-8-20(18)24(21)27-25;1-15-8-4-6-10-18(15)22-24-21(16(2)14-25(22)3)20-13-12-17-9-5-7-11-19(17)23(20)26-24;1-14-7-3-5-9-16(14)20-22-18(11-12-24(20)2)19-21(25-22)17-10-6-4-8-15(17)13-23-19;1-14-6-3-4-7-15(14)20-22-17(11-13-24(20)2)16-9-10-19-18(21(16)25-22)8-5-12-23-19/h5-14H,1-4H3;4-14H,1-3H3;2*3-13H,1-2H3/q4*+1/i1D3,3D3;2D3;;. The van der Waals surface area contributed by atoms with E-state index in [1.165, 1.54) is 22.3 Å². The molecule has 10 heteroatoms. The molecule has 498 valence electrons. The second-order valence-corrected chi connectivity index (χ2v) is 26.7. The number of benzene rings is 10. The number of fused-ring (bicyclic) bond motifs is 20. The van der Waals surface area contributed by atoms with Gasteiger partial charge >= 0.3 is 0 Å². The summed E-state index contributed by atoms with van der Waals surface area (Å²) in [5.74, 6) is 0. The van der Waals surface area contributed by atoms with Gasteiger partial charge in [-0.3, -0.25) is 9.97 Å². The van der Waals surface area contributed by atoms with E-state index in [1.807, 2.05) is 140 Å². The van der Waals surface area contributed by atoms with Crippen molar-refractivity contribution < 1.29 is 48.3 Å². The summed E-state index contributed by atoms with van der Waals surface area (Å²) >= 11 is 0. The highest BCUT2D eigenvalue weighted by atomic mass is 16.3. The van der Waals surface area contributed by atoms with Gasteiger partial charge in [-0.15, -0.1) is 0 Å². The van der Waals surface area contributed by atoms with Gasteiger partial charge in [0.1, 0.15) is 50.5 Å². The minimum atomic E-state index is -2.34. The summed E-state index contributed by atoms with van der Waals surface area (Å²) in [5, 5.41) is 13.3. The average Bonchev–Trinajstić information content (AvgIpc) is 1.57. The fraction of sp³-hybridized carbons (Fsp3) is 0.118. The first-order chi connectivity index (χ1) is 53.8. The van der Waals surface area contributed by atoms with Crippen molar-refractivity contribution in [3.63, 3.8) is 0 Å². The van der Waals surface area contributed by atoms with E-state index in [1.54, 1.807) is 42.2 Å². The van der Waals surface area contributed by atoms with Crippen molar-refractivity contribution in [3.05, 3.63) is 301 Å². The minimum Gasteiger partial charge on any atom is -0.448 e. The Hall–Kier alpha value is -12.7. The molecule has 0 fully saturated rings. The molecule has 0 unspecified atom stereocenters. The zero-order valence-electron chi connectivity index (χ0n) is 67.1. The molecule has 10 heterocycles. The summed E-state index contributed by atoms with van der Waals surface area (Å²) in [5.41, 5.74) is 21.0. The molecule has 0 amide bonds. The van der Waals surface area contributed by atoms with Gasteiger partial charge in [0.25, 0.3) is 22.8 Å². The maximum atomic E-state index is 8.16. The maximum absolute atomic E-state index is 8.16. The van der Waals surface area contributed by atoms with Crippen LogP contribution in [-0.2, 0) is 28.2 Å². The fourth-order valence-electron chi connectivity index (χ4n) is 15.1. The van der Waals surface area contributed by atoms with Crippen LogP contribution in [-0.4, -0.2) is 9.97 Å².